The average molecular weight is 420 g/mol. The lowest BCUT2D eigenvalue weighted by atomic mass is 10.1. The summed E-state index contributed by atoms with van der Waals surface area (Å²) >= 11 is 3.48. The number of nitrogens with zero attached hydrogens (tertiary/aromatic N) is 3. The van der Waals surface area contributed by atoms with Crippen LogP contribution in [-0.2, 0) is 13.0 Å². The van der Waals surface area contributed by atoms with E-state index in [-0.39, 0.29) is 0 Å². The number of hydrogen-bond donors (Lipinski definition) is 0. The van der Waals surface area contributed by atoms with Gasteiger partial charge in [0.05, 0.1) is 11.1 Å². The van der Waals surface area contributed by atoms with E-state index in [0.717, 1.165) is 64.0 Å². The molecular weight excluding hydrogens is 402 g/mol. The zero-order valence-electron chi connectivity index (χ0n) is 14.7. The summed E-state index contributed by atoms with van der Waals surface area (Å²) in [5.74, 6) is 1.87. The maximum atomic E-state index is 6.14. The van der Waals surface area contributed by atoms with Gasteiger partial charge in [0.25, 0.3) is 0 Å². The third-order valence-electron chi connectivity index (χ3n) is 4.90. The van der Waals surface area contributed by atoms with Crippen molar-refractivity contribution >= 4 is 32.7 Å². The second-order valence-corrected chi connectivity index (χ2v) is 7.66. The van der Waals surface area contributed by atoms with Gasteiger partial charge in [0.15, 0.2) is 0 Å². The molecule has 0 saturated heterocycles. The molecule has 5 heteroatoms. The highest BCUT2D eigenvalue weighted by molar-refractivity contribution is 9.10. The minimum atomic E-state index is 0.663. The highest BCUT2D eigenvalue weighted by Gasteiger charge is 2.17. The van der Waals surface area contributed by atoms with Crippen molar-refractivity contribution < 1.29 is 4.42 Å². The minimum Gasteiger partial charge on any atom is -0.438 e. The number of halogens is 1. The van der Waals surface area contributed by atoms with E-state index >= 15 is 0 Å². The van der Waals surface area contributed by atoms with Gasteiger partial charge in [-0.25, -0.2) is 4.99 Å². The van der Waals surface area contributed by atoms with Crippen LogP contribution in [0.5, 0.6) is 0 Å². The van der Waals surface area contributed by atoms with Crippen LogP contribution in [0.15, 0.2) is 74.5 Å². The number of aromatic nitrogens is 2. The highest BCUT2D eigenvalue weighted by atomic mass is 79.9. The summed E-state index contributed by atoms with van der Waals surface area (Å²) in [5, 5.41) is 0.961. The van der Waals surface area contributed by atoms with E-state index in [1.807, 2.05) is 54.6 Å². The van der Waals surface area contributed by atoms with Crippen LogP contribution in [0.3, 0.4) is 0 Å². The van der Waals surface area contributed by atoms with Crippen LogP contribution in [0.1, 0.15) is 18.7 Å². The Bertz CT molecular complexity index is 1170. The first kappa shape index (κ1) is 16.5. The molecule has 4 nitrogen and oxygen atoms in total. The van der Waals surface area contributed by atoms with Crippen molar-refractivity contribution in [2.24, 2.45) is 4.99 Å². The fourth-order valence-corrected chi connectivity index (χ4v) is 3.81. The van der Waals surface area contributed by atoms with Crippen LogP contribution in [0.25, 0.3) is 22.4 Å². The molecule has 5 rings (SSSR count). The van der Waals surface area contributed by atoms with Crippen molar-refractivity contribution in [2.75, 3.05) is 0 Å². The largest absolute Gasteiger partial charge is 0.438 e. The lowest BCUT2D eigenvalue weighted by Crippen LogP contribution is -2.28. The molecule has 0 atom stereocenters. The zero-order valence-corrected chi connectivity index (χ0v) is 16.3. The second-order valence-electron chi connectivity index (χ2n) is 6.74. The van der Waals surface area contributed by atoms with Gasteiger partial charge in [0.1, 0.15) is 17.1 Å². The van der Waals surface area contributed by atoms with Gasteiger partial charge < -0.3 is 8.98 Å². The number of rotatable bonds is 2. The Hall–Kier alpha value is -2.66. The molecule has 3 heterocycles. The molecule has 134 valence electrons. The standard InChI is InChI=1S/C22H18BrN3O/c23-16-11-9-15(10-12-16)19-14-18-21(24-17-6-2-1-3-7-17)26-13-5-4-8-20(26)25-22(18)27-19/h1-3,6-7,9-12,14H,4-5,8,13H2/b24-21+. The fourth-order valence-electron chi connectivity index (χ4n) is 3.55. The van der Waals surface area contributed by atoms with Crippen LogP contribution < -0.4 is 5.49 Å². The third-order valence-corrected chi connectivity index (χ3v) is 5.43. The maximum Gasteiger partial charge on any atom is 0.232 e. The molecule has 0 N–H and O–H groups in total. The van der Waals surface area contributed by atoms with Crippen molar-refractivity contribution in [3.8, 4) is 11.3 Å². The molecule has 0 amide bonds. The minimum absolute atomic E-state index is 0.663. The quantitative estimate of drug-likeness (QED) is 0.422. The van der Waals surface area contributed by atoms with E-state index in [1.54, 1.807) is 0 Å². The monoisotopic (exact) mass is 419 g/mol. The van der Waals surface area contributed by atoms with Crippen molar-refractivity contribution in [3.05, 3.63) is 76.4 Å². The number of furan rings is 1. The van der Waals surface area contributed by atoms with Gasteiger partial charge in [-0.2, -0.15) is 4.98 Å². The molecule has 0 radical (unpaired) electrons. The molecule has 1 aliphatic heterocycles. The molecule has 0 aliphatic carbocycles. The summed E-state index contributed by atoms with van der Waals surface area (Å²) in [6.45, 7) is 0.947. The van der Waals surface area contributed by atoms with Crippen molar-refractivity contribution in [2.45, 2.75) is 25.8 Å². The SMILES string of the molecule is Brc1ccc(-c2cc3/c(=N\c4ccccc4)n4c(nc3o2)CCCC4)cc1. The molecule has 2 aromatic carbocycles. The molecule has 4 aromatic rings. The van der Waals surface area contributed by atoms with E-state index < -0.39 is 0 Å². The van der Waals surface area contributed by atoms with Gasteiger partial charge in [-0.05, 0) is 43.2 Å². The molecule has 2 aromatic heterocycles. The molecule has 0 bridgehead atoms. The molecule has 0 spiro atoms. The predicted molar refractivity (Wildman–Crippen MR) is 110 cm³/mol. The molecule has 0 unspecified atom stereocenters. The predicted octanol–water partition coefficient (Wildman–Crippen LogP) is 5.63. The van der Waals surface area contributed by atoms with Crippen LogP contribution in [-0.4, -0.2) is 9.55 Å². The molecule has 27 heavy (non-hydrogen) atoms. The lowest BCUT2D eigenvalue weighted by Gasteiger charge is -2.18. The van der Waals surface area contributed by atoms with E-state index in [4.69, 9.17) is 14.4 Å². The summed E-state index contributed by atoms with van der Waals surface area (Å²) in [6, 6.07) is 20.3. The molecule has 0 saturated carbocycles. The van der Waals surface area contributed by atoms with Gasteiger partial charge in [-0.15, -0.1) is 0 Å². The van der Waals surface area contributed by atoms with Gasteiger partial charge >= 0.3 is 0 Å². The van der Waals surface area contributed by atoms with Crippen LogP contribution >= 0.6 is 15.9 Å². The first-order valence-electron chi connectivity index (χ1n) is 9.17. The van der Waals surface area contributed by atoms with Crippen LogP contribution in [0, 0.1) is 0 Å². The number of hydrogen-bond acceptors (Lipinski definition) is 3. The molecule has 0 fully saturated rings. The first-order chi connectivity index (χ1) is 13.3. The molecule has 1 aliphatic rings. The van der Waals surface area contributed by atoms with Crippen molar-refractivity contribution in [3.63, 3.8) is 0 Å². The van der Waals surface area contributed by atoms with Crippen molar-refractivity contribution in [1.29, 1.82) is 0 Å². The van der Waals surface area contributed by atoms with E-state index in [9.17, 15) is 0 Å². The average Bonchev–Trinajstić information content (AvgIpc) is 3.13. The summed E-state index contributed by atoms with van der Waals surface area (Å²) in [4.78, 5) is 9.77. The van der Waals surface area contributed by atoms with Gasteiger partial charge in [-0.3, -0.25) is 0 Å². The Morgan fingerprint density at radius 3 is 2.63 bits per heavy atom. The topological polar surface area (TPSA) is 43.3 Å². The lowest BCUT2D eigenvalue weighted by molar-refractivity contribution is 0.490. The fraction of sp³-hybridized carbons (Fsp3) is 0.182. The van der Waals surface area contributed by atoms with Crippen LogP contribution in [0.2, 0.25) is 0 Å². The molecular formula is C22H18BrN3O. The zero-order chi connectivity index (χ0) is 18.2. The normalized spacial score (nSPS) is 14.5. The third kappa shape index (κ3) is 3.12. The summed E-state index contributed by atoms with van der Waals surface area (Å²) in [5.41, 5.74) is 3.57. The van der Waals surface area contributed by atoms with Gasteiger partial charge in [0, 0.05) is 23.0 Å². The number of aryl methyl sites for hydroxylation is 1. The Labute approximate surface area is 165 Å². The Balaban J connectivity index is 1.77. The number of benzene rings is 2. The van der Waals surface area contributed by atoms with E-state index in [1.165, 1.54) is 0 Å². The van der Waals surface area contributed by atoms with Crippen LogP contribution in [0.4, 0.5) is 5.69 Å². The summed E-state index contributed by atoms with van der Waals surface area (Å²) < 4.78 is 9.44. The highest BCUT2D eigenvalue weighted by Crippen LogP contribution is 2.27. The number of para-hydroxylation sites is 1. The van der Waals surface area contributed by atoms with E-state index in [2.05, 4.69) is 26.6 Å². The second kappa shape index (κ2) is 6.82. The number of fused-ring (bicyclic) bond motifs is 2. The smallest absolute Gasteiger partial charge is 0.232 e. The Morgan fingerprint density at radius 2 is 1.81 bits per heavy atom. The Kier molecular flexibility index (Phi) is 4.17. The van der Waals surface area contributed by atoms with E-state index in [0.29, 0.717) is 5.71 Å². The Morgan fingerprint density at radius 1 is 1.00 bits per heavy atom. The summed E-state index contributed by atoms with van der Waals surface area (Å²) in [6.07, 6.45) is 3.27. The summed E-state index contributed by atoms with van der Waals surface area (Å²) in [7, 11) is 0. The maximum absolute atomic E-state index is 6.14. The van der Waals surface area contributed by atoms with Gasteiger partial charge in [-0.1, -0.05) is 46.3 Å². The first-order valence-corrected chi connectivity index (χ1v) is 9.96. The van der Waals surface area contributed by atoms with Gasteiger partial charge in [0.2, 0.25) is 5.71 Å². The van der Waals surface area contributed by atoms with Crippen molar-refractivity contribution in [1.82, 2.24) is 9.55 Å².